The molecule has 0 saturated carbocycles. The van der Waals surface area contributed by atoms with Crippen molar-refractivity contribution in [3.8, 4) is 11.5 Å². The van der Waals surface area contributed by atoms with Gasteiger partial charge in [0.1, 0.15) is 0 Å². The number of carbonyl (C=O) groups is 1. The number of thioether (sulfide) groups is 1. The summed E-state index contributed by atoms with van der Waals surface area (Å²) in [5.74, 6) is 2.43. The molecule has 1 heterocycles. The lowest BCUT2D eigenvalue weighted by Gasteiger charge is -2.12. The van der Waals surface area contributed by atoms with Gasteiger partial charge in [0, 0.05) is 11.3 Å². The van der Waals surface area contributed by atoms with E-state index in [9.17, 15) is 4.79 Å². The molecule has 8 heteroatoms. The third kappa shape index (κ3) is 7.08. The third-order valence-corrected chi connectivity index (χ3v) is 7.62. The number of nitrogens with zero attached hydrogens (tertiary/aromatic N) is 2. The topological polar surface area (TPSA) is 72.8 Å². The molecule has 0 bridgehead atoms. The summed E-state index contributed by atoms with van der Waals surface area (Å²) in [4.78, 5) is 17.1. The quantitative estimate of drug-likeness (QED) is 0.134. The SMILES string of the molecule is COc1cc(/C=N/NC(=O)c2ccc(CSc3nc4ccccc4s3)cc2)ccc1OCCC(C)C. The van der Waals surface area contributed by atoms with E-state index in [2.05, 4.69) is 35.4 Å². The van der Waals surface area contributed by atoms with Crippen LogP contribution in [0.2, 0.25) is 0 Å². The highest BCUT2D eigenvalue weighted by atomic mass is 32.2. The monoisotopic (exact) mass is 519 g/mol. The molecule has 0 unspecified atom stereocenters. The average molecular weight is 520 g/mol. The van der Waals surface area contributed by atoms with Gasteiger partial charge in [0.25, 0.3) is 5.91 Å². The van der Waals surface area contributed by atoms with Crippen LogP contribution in [0.25, 0.3) is 10.2 Å². The number of hydrazone groups is 1. The molecule has 0 radical (unpaired) electrons. The Kier molecular flexibility index (Phi) is 8.97. The number of nitrogens with one attached hydrogen (secondary N) is 1. The molecule has 6 nitrogen and oxygen atoms in total. The van der Waals surface area contributed by atoms with E-state index in [-0.39, 0.29) is 5.91 Å². The van der Waals surface area contributed by atoms with E-state index in [0.29, 0.717) is 29.6 Å². The lowest BCUT2D eigenvalue weighted by molar-refractivity contribution is 0.0955. The summed E-state index contributed by atoms with van der Waals surface area (Å²) in [5.41, 5.74) is 6.09. The first-order valence-electron chi connectivity index (χ1n) is 11.7. The average Bonchev–Trinajstić information content (AvgIpc) is 3.31. The molecule has 3 aromatic carbocycles. The summed E-state index contributed by atoms with van der Waals surface area (Å²) < 4.78 is 13.5. The number of fused-ring (bicyclic) bond motifs is 1. The van der Waals surface area contributed by atoms with E-state index in [1.165, 1.54) is 4.70 Å². The Bertz CT molecular complexity index is 1300. The number of para-hydroxylation sites is 1. The van der Waals surface area contributed by atoms with Gasteiger partial charge in [-0.05, 0) is 65.9 Å². The van der Waals surface area contributed by atoms with Gasteiger partial charge in [0.15, 0.2) is 15.8 Å². The largest absolute Gasteiger partial charge is 0.493 e. The Hall–Kier alpha value is -3.36. The first kappa shape index (κ1) is 25.7. The van der Waals surface area contributed by atoms with E-state index in [1.54, 1.807) is 36.4 Å². The Morgan fingerprint density at radius 1 is 1.11 bits per heavy atom. The summed E-state index contributed by atoms with van der Waals surface area (Å²) in [6.07, 6.45) is 2.56. The zero-order valence-electron chi connectivity index (χ0n) is 20.6. The number of benzene rings is 3. The molecule has 0 aliphatic rings. The van der Waals surface area contributed by atoms with E-state index in [1.807, 2.05) is 60.7 Å². The molecule has 1 N–H and O–H groups in total. The maximum atomic E-state index is 12.5. The summed E-state index contributed by atoms with van der Waals surface area (Å²) in [6, 6.07) is 21.2. The van der Waals surface area contributed by atoms with E-state index in [0.717, 1.165) is 33.2 Å². The molecule has 36 heavy (non-hydrogen) atoms. The fourth-order valence-electron chi connectivity index (χ4n) is 3.33. The van der Waals surface area contributed by atoms with Gasteiger partial charge in [-0.2, -0.15) is 5.10 Å². The molecule has 4 aromatic rings. The maximum absolute atomic E-state index is 12.5. The standard InChI is InChI=1S/C28H29N3O3S2/c1-19(2)14-15-34-24-13-10-21(16-25(24)33-3)17-29-31-27(32)22-11-8-20(9-12-22)18-35-28-30-23-6-4-5-7-26(23)36-28/h4-13,16-17,19H,14-15,18H2,1-3H3,(H,31,32)/b29-17+. The number of carbonyl (C=O) groups excluding carboxylic acids is 1. The molecular formula is C28H29N3O3S2. The highest BCUT2D eigenvalue weighted by Gasteiger charge is 2.08. The van der Waals surface area contributed by atoms with Crippen molar-refractivity contribution in [2.45, 2.75) is 30.4 Å². The second-order valence-corrected chi connectivity index (χ2v) is 10.8. The van der Waals surface area contributed by atoms with Crippen LogP contribution in [0, 0.1) is 5.92 Å². The van der Waals surface area contributed by atoms with Gasteiger partial charge in [-0.15, -0.1) is 11.3 Å². The summed E-state index contributed by atoms with van der Waals surface area (Å²) in [7, 11) is 1.61. The first-order chi connectivity index (χ1) is 17.5. The minimum absolute atomic E-state index is 0.266. The van der Waals surface area contributed by atoms with Gasteiger partial charge in [-0.25, -0.2) is 10.4 Å². The molecule has 0 spiro atoms. The van der Waals surface area contributed by atoms with Crippen LogP contribution in [0.15, 0.2) is 76.2 Å². The number of aromatic nitrogens is 1. The van der Waals surface area contributed by atoms with E-state index >= 15 is 0 Å². The van der Waals surface area contributed by atoms with Gasteiger partial charge in [0.05, 0.1) is 30.1 Å². The molecule has 0 atom stereocenters. The van der Waals surface area contributed by atoms with E-state index in [4.69, 9.17) is 9.47 Å². The lowest BCUT2D eigenvalue weighted by atomic mass is 10.1. The van der Waals surface area contributed by atoms with Crippen LogP contribution in [0.1, 0.15) is 41.8 Å². The third-order valence-electron chi connectivity index (χ3n) is 5.37. The highest BCUT2D eigenvalue weighted by molar-refractivity contribution is 8.00. The molecule has 1 amide bonds. The molecule has 0 saturated heterocycles. The Morgan fingerprint density at radius 3 is 2.67 bits per heavy atom. The minimum atomic E-state index is -0.266. The van der Waals surface area contributed by atoms with Gasteiger partial charge < -0.3 is 9.47 Å². The smallest absolute Gasteiger partial charge is 0.271 e. The van der Waals surface area contributed by atoms with Crippen molar-refractivity contribution < 1.29 is 14.3 Å². The summed E-state index contributed by atoms with van der Waals surface area (Å²) >= 11 is 3.39. The van der Waals surface area contributed by atoms with Crippen LogP contribution in [0.5, 0.6) is 11.5 Å². The molecular weight excluding hydrogens is 490 g/mol. The number of hydrogen-bond acceptors (Lipinski definition) is 7. The van der Waals surface area contributed by atoms with Gasteiger partial charge in [0.2, 0.25) is 0 Å². The predicted octanol–water partition coefficient (Wildman–Crippen LogP) is 6.79. The molecule has 186 valence electrons. The molecule has 1 aromatic heterocycles. The van der Waals surface area contributed by atoms with Crippen LogP contribution in [0.3, 0.4) is 0 Å². The van der Waals surface area contributed by atoms with Crippen molar-refractivity contribution in [1.29, 1.82) is 0 Å². The maximum Gasteiger partial charge on any atom is 0.271 e. The molecule has 4 rings (SSSR count). The highest BCUT2D eigenvalue weighted by Crippen LogP contribution is 2.31. The van der Waals surface area contributed by atoms with Gasteiger partial charge in [-0.1, -0.05) is 49.9 Å². The molecule has 0 aliphatic carbocycles. The summed E-state index contributed by atoms with van der Waals surface area (Å²) in [6.45, 7) is 4.96. The summed E-state index contributed by atoms with van der Waals surface area (Å²) in [5, 5.41) is 4.10. The van der Waals surface area contributed by atoms with Crippen LogP contribution in [0.4, 0.5) is 0 Å². The van der Waals surface area contributed by atoms with Gasteiger partial charge >= 0.3 is 0 Å². The number of amides is 1. The van der Waals surface area contributed by atoms with Crippen LogP contribution >= 0.6 is 23.1 Å². The fourth-order valence-corrected chi connectivity index (χ4v) is 5.35. The van der Waals surface area contributed by atoms with Crippen molar-refractivity contribution in [3.05, 3.63) is 83.4 Å². The lowest BCUT2D eigenvalue weighted by Crippen LogP contribution is -2.17. The Labute approximate surface area is 219 Å². The number of ether oxygens (including phenoxy) is 2. The van der Waals surface area contributed by atoms with Crippen molar-refractivity contribution in [3.63, 3.8) is 0 Å². The van der Waals surface area contributed by atoms with Crippen molar-refractivity contribution in [1.82, 2.24) is 10.4 Å². The van der Waals surface area contributed by atoms with Crippen molar-refractivity contribution >= 4 is 45.4 Å². The minimum Gasteiger partial charge on any atom is -0.493 e. The second kappa shape index (κ2) is 12.6. The number of rotatable bonds is 11. The fraction of sp³-hybridized carbons (Fsp3) is 0.250. The van der Waals surface area contributed by atoms with Crippen LogP contribution in [-0.4, -0.2) is 30.8 Å². The predicted molar refractivity (Wildman–Crippen MR) is 149 cm³/mol. The zero-order chi connectivity index (χ0) is 25.3. The second-order valence-electron chi connectivity index (χ2n) is 8.57. The van der Waals surface area contributed by atoms with Crippen LogP contribution in [-0.2, 0) is 5.75 Å². The Balaban J connectivity index is 1.28. The molecule has 0 fully saturated rings. The van der Waals surface area contributed by atoms with E-state index < -0.39 is 0 Å². The van der Waals surface area contributed by atoms with Crippen LogP contribution < -0.4 is 14.9 Å². The normalized spacial score (nSPS) is 11.3. The molecule has 0 aliphatic heterocycles. The van der Waals surface area contributed by atoms with Gasteiger partial charge in [-0.3, -0.25) is 4.79 Å². The number of thiazole rings is 1. The Morgan fingerprint density at radius 2 is 1.92 bits per heavy atom. The van der Waals surface area contributed by atoms with Crippen molar-refractivity contribution in [2.24, 2.45) is 11.0 Å². The zero-order valence-corrected chi connectivity index (χ0v) is 22.2. The number of methoxy groups -OCH3 is 1. The van der Waals surface area contributed by atoms with Crippen molar-refractivity contribution in [2.75, 3.05) is 13.7 Å². The number of hydrogen-bond donors (Lipinski definition) is 1. The first-order valence-corrected chi connectivity index (χ1v) is 13.5.